The number of morpholine rings is 1. The smallest absolute Gasteiger partial charge is 0.180 e. The zero-order valence-corrected chi connectivity index (χ0v) is 15.7. The fraction of sp³-hybridized carbons (Fsp3) is 0.286. The molecule has 2 aromatic heterocycles. The number of aromatic nitrogens is 3. The van der Waals surface area contributed by atoms with Gasteiger partial charge in [-0.3, -0.25) is 4.98 Å². The molecule has 3 heterocycles. The number of benzene rings is 1. The topological polar surface area (TPSA) is 63.2 Å². The van der Waals surface area contributed by atoms with Crippen LogP contribution in [0, 0.1) is 5.82 Å². The van der Waals surface area contributed by atoms with Crippen molar-refractivity contribution in [2.24, 2.45) is 0 Å². The SMILES string of the molecule is CCc1cc(Nc2ccc(N3CCOCC3)c(F)c2)nc(-c2ccccn2)n1. The summed E-state index contributed by atoms with van der Waals surface area (Å²) < 4.78 is 20.0. The van der Waals surface area contributed by atoms with Gasteiger partial charge < -0.3 is 15.0 Å². The van der Waals surface area contributed by atoms with E-state index in [2.05, 4.69) is 20.3 Å². The zero-order valence-electron chi connectivity index (χ0n) is 15.7. The Kier molecular flexibility index (Phi) is 5.43. The maximum atomic E-state index is 14.7. The predicted molar refractivity (Wildman–Crippen MR) is 107 cm³/mol. The Morgan fingerprint density at radius 3 is 2.68 bits per heavy atom. The van der Waals surface area contributed by atoms with Gasteiger partial charge in [0.05, 0.1) is 18.9 Å². The molecule has 0 bridgehead atoms. The number of nitrogens with one attached hydrogen (secondary N) is 1. The van der Waals surface area contributed by atoms with Crippen molar-refractivity contribution in [1.29, 1.82) is 0 Å². The van der Waals surface area contributed by atoms with Crippen LogP contribution in [0.2, 0.25) is 0 Å². The first-order valence-electron chi connectivity index (χ1n) is 9.41. The number of aryl methyl sites for hydroxylation is 1. The van der Waals surface area contributed by atoms with Gasteiger partial charge >= 0.3 is 0 Å². The molecule has 0 amide bonds. The van der Waals surface area contributed by atoms with Gasteiger partial charge in [0.25, 0.3) is 0 Å². The number of pyridine rings is 1. The van der Waals surface area contributed by atoms with Crippen molar-refractivity contribution >= 4 is 17.2 Å². The van der Waals surface area contributed by atoms with E-state index in [0.29, 0.717) is 55.0 Å². The minimum absolute atomic E-state index is 0.262. The molecular formula is C21H22FN5O. The lowest BCUT2D eigenvalue weighted by molar-refractivity contribution is 0.122. The third kappa shape index (κ3) is 4.09. The van der Waals surface area contributed by atoms with Gasteiger partial charge in [0.15, 0.2) is 5.82 Å². The molecule has 1 fully saturated rings. The summed E-state index contributed by atoms with van der Waals surface area (Å²) in [7, 11) is 0. The van der Waals surface area contributed by atoms with Gasteiger partial charge in [-0.1, -0.05) is 13.0 Å². The molecule has 0 saturated carbocycles. The first-order chi connectivity index (χ1) is 13.7. The van der Waals surface area contributed by atoms with Crippen molar-refractivity contribution in [3.8, 4) is 11.5 Å². The second-order valence-electron chi connectivity index (χ2n) is 6.53. The highest BCUT2D eigenvalue weighted by molar-refractivity contribution is 5.63. The molecule has 1 saturated heterocycles. The molecule has 1 aliphatic rings. The van der Waals surface area contributed by atoms with Crippen LogP contribution in [0.25, 0.3) is 11.5 Å². The molecule has 1 aromatic carbocycles. The van der Waals surface area contributed by atoms with Crippen LogP contribution in [0.5, 0.6) is 0 Å². The van der Waals surface area contributed by atoms with Crippen LogP contribution >= 0.6 is 0 Å². The number of ether oxygens (including phenoxy) is 1. The molecule has 0 spiro atoms. The van der Waals surface area contributed by atoms with E-state index in [1.807, 2.05) is 42.2 Å². The Bertz CT molecular complexity index is 945. The van der Waals surface area contributed by atoms with Crippen molar-refractivity contribution in [3.63, 3.8) is 0 Å². The number of hydrogen-bond acceptors (Lipinski definition) is 6. The van der Waals surface area contributed by atoms with E-state index in [1.165, 1.54) is 6.07 Å². The third-order valence-corrected chi connectivity index (χ3v) is 4.61. The lowest BCUT2D eigenvalue weighted by atomic mass is 10.2. The molecule has 0 aliphatic carbocycles. The van der Waals surface area contributed by atoms with E-state index in [-0.39, 0.29) is 5.82 Å². The highest BCUT2D eigenvalue weighted by atomic mass is 19.1. The maximum absolute atomic E-state index is 14.7. The van der Waals surface area contributed by atoms with E-state index in [4.69, 9.17) is 4.74 Å². The van der Waals surface area contributed by atoms with Gasteiger partial charge in [-0.2, -0.15) is 0 Å². The van der Waals surface area contributed by atoms with Gasteiger partial charge in [-0.25, -0.2) is 14.4 Å². The van der Waals surface area contributed by atoms with Gasteiger partial charge in [0.1, 0.15) is 17.3 Å². The number of nitrogens with zero attached hydrogens (tertiary/aromatic N) is 4. The summed E-state index contributed by atoms with van der Waals surface area (Å²) in [5, 5.41) is 3.20. The third-order valence-electron chi connectivity index (χ3n) is 4.61. The standard InChI is InChI=1S/C21H22FN5O/c1-2-15-14-20(26-21(25-15)18-5-3-4-8-23-18)24-16-6-7-19(17(22)13-16)27-9-11-28-12-10-27/h3-8,13-14H,2,9-12H2,1H3,(H,24,25,26). The minimum atomic E-state index is -0.262. The van der Waals surface area contributed by atoms with E-state index >= 15 is 0 Å². The summed E-state index contributed by atoms with van der Waals surface area (Å²) in [5.74, 6) is 0.903. The van der Waals surface area contributed by atoms with Crippen LogP contribution in [-0.4, -0.2) is 41.3 Å². The van der Waals surface area contributed by atoms with Crippen molar-refractivity contribution in [2.75, 3.05) is 36.5 Å². The van der Waals surface area contributed by atoms with Gasteiger partial charge in [-0.15, -0.1) is 0 Å². The maximum Gasteiger partial charge on any atom is 0.180 e. The second-order valence-corrected chi connectivity index (χ2v) is 6.53. The van der Waals surface area contributed by atoms with Crippen molar-refractivity contribution in [2.45, 2.75) is 13.3 Å². The Hall–Kier alpha value is -3.06. The average Bonchev–Trinajstić information content (AvgIpc) is 2.75. The Morgan fingerprint density at radius 1 is 1.11 bits per heavy atom. The van der Waals surface area contributed by atoms with E-state index in [0.717, 1.165) is 12.1 Å². The second kappa shape index (κ2) is 8.31. The van der Waals surface area contributed by atoms with Crippen LogP contribution in [0.15, 0.2) is 48.7 Å². The normalized spacial score (nSPS) is 14.1. The summed E-state index contributed by atoms with van der Waals surface area (Å²) in [6.45, 7) is 4.67. The first kappa shape index (κ1) is 18.3. The highest BCUT2D eigenvalue weighted by Crippen LogP contribution is 2.26. The van der Waals surface area contributed by atoms with E-state index < -0.39 is 0 Å². The molecule has 4 rings (SSSR count). The molecule has 7 heteroatoms. The molecule has 0 atom stereocenters. The van der Waals surface area contributed by atoms with Crippen molar-refractivity contribution in [3.05, 3.63) is 60.2 Å². The van der Waals surface area contributed by atoms with Crippen LogP contribution in [0.4, 0.5) is 21.6 Å². The quantitative estimate of drug-likeness (QED) is 0.727. The molecular weight excluding hydrogens is 357 g/mol. The molecule has 1 aliphatic heterocycles. The van der Waals surface area contributed by atoms with Gasteiger partial charge in [-0.05, 0) is 36.8 Å². The van der Waals surface area contributed by atoms with Crippen LogP contribution in [-0.2, 0) is 11.2 Å². The van der Waals surface area contributed by atoms with Crippen LogP contribution < -0.4 is 10.2 Å². The van der Waals surface area contributed by atoms with E-state index in [1.54, 1.807) is 12.3 Å². The summed E-state index contributed by atoms with van der Waals surface area (Å²) >= 11 is 0. The van der Waals surface area contributed by atoms with Crippen LogP contribution in [0.3, 0.4) is 0 Å². The predicted octanol–water partition coefficient (Wildman–Crippen LogP) is 3.82. The van der Waals surface area contributed by atoms with Gasteiger partial charge in [0, 0.05) is 36.7 Å². The summed E-state index contributed by atoms with van der Waals surface area (Å²) in [4.78, 5) is 15.4. The molecule has 28 heavy (non-hydrogen) atoms. The Balaban J connectivity index is 1.59. The molecule has 6 nitrogen and oxygen atoms in total. The Labute approximate surface area is 163 Å². The van der Waals surface area contributed by atoms with Crippen molar-refractivity contribution in [1.82, 2.24) is 15.0 Å². The largest absolute Gasteiger partial charge is 0.378 e. The highest BCUT2D eigenvalue weighted by Gasteiger charge is 2.15. The monoisotopic (exact) mass is 379 g/mol. The number of anilines is 3. The number of hydrogen-bond donors (Lipinski definition) is 1. The first-order valence-corrected chi connectivity index (χ1v) is 9.41. The van der Waals surface area contributed by atoms with Crippen LogP contribution in [0.1, 0.15) is 12.6 Å². The summed E-state index contributed by atoms with van der Waals surface area (Å²) in [6, 6.07) is 12.7. The lowest BCUT2D eigenvalue weighted by Crippen LogP contribution is -2.36. The molecule has 0 radical (unpaired) electrons. The molecule has 0 unspecified atom stereocenters. The molecule has 1 N–H and O–H groups in total. The minimum Gasteiger partial charge on any atom is -0.378 e. The number of rotatable bonds is 5. The zero-order chi connectivity index (χ0) is 19.3. The van der Waals surface area contributed by atoms with E-state index in [9.17, 15) is 4.39 Å². The fourth-order valence-electron chi connectivity index (χ4n) is 3.15. The fourth-order valence-corrected chi connectivity index (χ4v) is 3.15. The lowest BCUT2D eigenvalue weighted by Gasteiger charge is -2.29. The average molecular weight is 379 g/mol. The molecule has 144 valence electrons. The molecule has 3 aromatic rings. The summed E-state index contributed by atoms with van der Waals surface area (Å²) in [6.07, 6.45) is 2.48. The summed E-state index contributed by atoms with van der Waals surface area (Å²) in [5.41, 5.74) is 2.83. The van der Waals surface area contributed by atoms with Gasteiger partial charge in [0.2, 0.25) is 0 Å². The van der Waals surface area contributed by atoms with Crippen molar-refractivity contribution < 1.29 is 9.13 Å². The number of halogens is 1. The Morgan fingerprint density at radius 2 is 1.96 bits per heavy atom.